The van der Waals surface area contributed by atoms with Gasteiger partial charge in [0.05, 0.1) is 6.61 Å². The molecule has 0 atom stereocenters. The molecule has 0 saturated carbocycles. The fourth-order valence-electron chi connectivity index (χ4n) is 2.40. The fourth-order valence-corrected chi connectivity index (χ4v) is 5.15. The zero-order valence-electron chi connectivity index (χ0n) is 15.5. The monoisotopic (exact) mass is 378 g/mol. The summed E-state index contributed by atoms with van der Waals surface area (Å²) in [5, 5.41) is 1.77. The van der Waals surface area contributed by atoms with Crippen LogP contribution >= 0.6 is 12.2 Å². The quantitative estimate of drug-likeness (QED) is 0.163. The van der Waals surface area contributed by atoms with Gasteiger partial charge in [-0.25, -0.2) is 0 Å². The molecule has 0 aliphatic carbocycles. The lowest BCUT2D eigenvalue weighted by molar-refractivity contribution is -0.143. The van der Waals surface area contributed by atoms with Gasteiger partial charge >= 0.3 is 14.8 Å². The summed E-state index contributed by atoms with van der Waals surface area (Å²) in [5.74, 6) is -0.124. The standard InChI is InChI=1S/C17H34O5SSi/c1-4-20-24(21-5-2,22-6-3)16-12-14-19-17(18)13-10-8-7-9-11-15-23/h15H,4-14,16H2,1-3H3. The van der Waals surface area contributed by atoms with Gasteiger partial charge < -0.3 is 18.0 Å². The lowest BCUT2D eigenvalue weighted by Crippen LogP contribution is -2.46. The van der Waals surface area contributed by atoms with E-state index >= 15 is 0 Å². The zero-order valence-corrected chi connectivity index (χ0v) is 17.3. The molecular weight excluding hydrogens is 344 g/mol. The Labute approximate surface area is 153 Å². The van der Waals surface area contributed by atoms with Crippen molar-refractivity contribution >= 4 is 32.4 Å². The number of ether oxygens (including phenoxy) is 1. The van der Waals surface area contributed by atoms with Crippen molar-refractivity contribution in [1.29, 1.82) is 0 Å². The Balaban J connectivity index is 3.89. The second kappa shape index (κ2) is 16.1. The molecule has 0 aromatic carbocycles. The summed E-state index contributed by atoms with van der Waals surface area (Å²) < 4.78 is 22.6. The van der Waals surface area contributed by atoms with Gasteiger partial charge in [-0.1, -0.05) is 25.1 Å². The maximum Gasteiger partial charge on any atom is 0.501 e. The average Bonchev–Trinajstić information content (AvgIpc) is 2.56. The van der Waals surface area contributed by atoms with Gasteiger partial charge in [-0.15, -0.1) is 0 Å². The largest absolute Gasteiger partial charge is 0.501 e. The maximum absolute atomic E-state index is 11.7. The van der Waals surface area contributed by atoms with Crippen LogP contribution in [0.2, 0.25) is 6.04 Å². The number of unbranched alkanes of at least 4 members (excludes halogenated alkanes) is 4. The van der Waals surface area contributed by atoms with E-state index in [2.05, 4.69) is 0 Å². The molecule has 0 rings (SSSR count). The summed E-state index contributed by atoms with van der Waals surface area (Å²) in [4.78, 5) is 11.7. The fraction of sp³-hybridized carbons (Fsp3) is 0.882. The smallest absolute Gasteiger partial charge is 0.466 e. The van der Waals surface area contributed by atoms with E-state index in [0.29, 0.717) is 45.3 Å². The van der Waals surface area contributed by atoms with Crippen molar-refractivity contribution in [3.05, 3.63) is 0 Å². The highest BCUT2D eigenvalue weighted by molar-refractivity contribution is 7.78. The molecule has 0 radical (unpaired) electrons. The first-order chi connectivity index (χ1) is 11.6. The van der Waals surface area contributed by atoms with Gasteiger partial charge in [0.2, 0.25) is 0 Å². The highest BCUT2D eigenvalue weighted by atomic mass is 32.1. The lowest BCUT2D eigenvalue weighted by atomic mass is 10.1. The Morgan fingerprint density at radius 1 is 0.917 bits per heavy atom. The Morgan fingerprint density at radius 2 is 1.50 bits per heavy atom. The van der Waals surface area contributed by atoms with Crippen LogP contribution < -0.4 is 0 Å². The van der Waals surface area contributed by atoms with Gasteiger partial charge in [-0.2, -0.15) is 0 Å². The molecule has 0 spiro atoms. The molecule has 0 unspecified atom stereocenters. The molecule has 0 N–H and O–H groups in total. The first kappa shape index (κ1) is 23.7. The molecule has 0 aromatic rings. The Kier molecular flexibility index (Phi) is 15.9. The third kappa shape index (κ3) is 12.1. The zero-order chi connectivity index (χ0) is 18.1. The van der Waals surface area contributed by atoms with Crippen molar-refractivity contribution in [3.8, 4) is 0 Å². The number of carbonyl (C=O) groups excluding carboxylic acids is 1. The molecule has 0 heterocycles. The molecule has 0 amide bonds. The van der Waals surface area contributed by atoms with Gasteiger partial charge in [-0.3, -0.25) is 4.79 Å². The van der Waals surface area contributed by atoms with Crippen molar-refractivity contribution in [2.45, 2.75) is 71.8 Å². The van der Waals surface area contributed by atoms with Gasteiger partial charge in [0, 0.05) is 32.3 Å². The molecular formula is C17H34O5SSi. The van der Waals surface area contributed by atoms with E-state index in [0.717, 1.165) is 32.1 Å². The van der Waals surface area contributed by atoms with E-state index in [1.165, 1.54) is 0 Å². The normalized spacial score (nSPS) is 11.5. The summed E-state index contributed by atoms with van der Waals surface area (Å²) in [6, 6.07) is 0.674. The van der Waals surface area contributed by atoms with Crippen LogP contribution in [0.3, 0.4) is 0 Å². The second-order valence-electron chi connectivity index (χ2n) is 5.43. The molecule has 0 bridgehead atoms. The van der Waals surface area contributed by atoms with E-state index in [4.69, 9.17) is 30.2 Å². The summed E-state index contributed by atoms with van der Waals surface area (Å²) >= 11 is 4.78. The van der Waals surface area contributed by atoms with Crippen LogP contribution in [0, 0.1) is 0 Å². The van der Waals surface area contributed by atoms with Crippen molar-refractivity contribution < 1.29 is 22.8 Å². The number of esters is 1. The third-order valence-electron chi connectivity index (χ3n) is 3.44. The van der Waals surface area contributed by atoms with Gasteiger partial charge in [-0.05, 0) is 51.8 Å². The Hall–Kier alpha value is -0.343. The predicted molar refractivity (Wildman–Crippen MR) is 102 cm³/mol. The van der Waals surface area contributed by atoms with E-state index < -0.39 is 8.80 Å². The topological polar surface area (TPSA) is 54.0 Å². The molecule has 0 aromatic heterocycles. The number of hydrogen-bond acceptors (Lipinski definition) is 6. The molecule has 0 fully saturated rings. The van der Waals surface area contributed by atoms with Crippen molar-refractivity contribution in [2.24, 2.45) is 0 Å². The summed E-state index contributed by atoms with van der Waals surface area (Å²) in [6.07, 6.45) is 6.32. The van der Waals surface area contributed by atoms with Crippen molar-refractivity contribution in [1.82, 2.24) is 0 Å². The van der Waals surface area contributed by atoms with Crippen LogP contribution in [0.25, 0.3) is 0 Å². The predicted octanol–water partition coefficient (Wildman–Crippen LogP) is 4.31. The summed E-state index contributed by atoms with van der Waals surface area (Å²) in [6.45, 7) is 7.90. The highest BCUT2D eigenvalue weighted by Crippen LogP contribution is 2.18. The first-order valence-corrected chi connectivity index (χ1v) is 11.6. The number of thiocarbonyl (C=S) groups is 1. The minimum atomic E-state index is -2.61. The van der Waals surface area contributed by atoms with Crippen LogP contribution in [0.4, 0.5) is 0 Å². The van der Waals surface area contributed by atoms with Gasteiger partial charge in [0.1, 0.15) is 0 Å². The highest BCUT2D eigenvalue weighted by Gasteiger charge is 2.39. The molecule has 7 heteroatoms. The number of carbonyl (C=O) groups is 1. The van der Waals surface area contributed by atoms with E-state index in [-0.39, 0.29) is 5.97 Å². The number of rotatable bonds is 17. The van der Waals surface area contributed by atoms with E-state index in [9.17, 15) is 4.79 Å². The lowest BCUT2D eigenvalue weighted by Gasteiger charge is -2.28. The van der Waals surface area contributed by atoms with E-state index in [1.807, 2.05) is 20.8 Å². The molecule has 0 aliphatic heterocycles. The van der Waals surface area contributed by atoms with Crippen LogP contribution in [0.15, 0.2) is 0 Å². The second-order valence-corrected chi connectivity index (χ2v) is 8.49. The molecule has 5 nitrogen and oxygen atoms in total. The van der Waals surface area contributed by atoms with Crippen molar-refractivity contribution in [2.75, 3.05) is 26.4 Å². The molecule has 24 heavy (non-hydrogen) atoms. The summed E-state index contributed by atoms with van der Waals surface area (Å²) in [5.41, 5.74) is 0. The molecule has 0 aliphatic rings. The average molecular weight is 379 g/mol. The first-order valence-electron chi connectivity index (χ1n) is 9.15. The van der Waals surface area contributed by atoms with Gasteiger partial charge in [0.15, 0.2) is 0 Å². The minimum absolute atomic E-state index is 0.124. The van der Waals surface area contributed by atoms with E-state index in [1.54, 1.807) is 5.37 Å². The minimum Gasteiger partial charge on any atom is -0.466 e. The maximum atomic E-state index is 11.7. The molecule has 142 valence electrons. The molecule has 0 saturated heterocycles. The van der Waals surface area contributed by atoms with Crippen LogP contribution in [-0.2, 0) is 22.8 Å². The number of hydrogen-bond donors (Lipinski definition) is 0. The third-order valence-corrected chi connectivity index (χ3v) is 6.82. The van der Waals surface area contributed by atoms with Gasteiger partial charge in [0.25, 0.3) is 0 Å². The Bertz CT molecular complexity index is 311. The van der Waals surface area contributed by atoms with Crippen LogP contribution in [0.5, 0.6) is 0 Å². The van der Waals surface area contributed by atoms with Crippen LogP contribution in [-0.4, -0.2) is 46.6 Å². The summed E-state index contributed by atoms with van der Waals surface area (Å²) in [7, 11) is -2.61. The van der Waals surface area contributed by atoms with Crippen molar-refractivity contribution in [3.63, 3.8) is 0 Å². The van der Waals surface area contributed by atoms with Crippen LogP contribution in [0.1, 0.15) is 65.7 Å². The SMILES string of the molecule is CCO[Si](CCCOC(=O)CCCCCCC=S)(OCC)OCC. The Morgan fingerprint density at radius 3 is 2.04 bits per heavy atom.